The van der Waals surface area contributed by atoms with Crippen LogP contribution < -0.4 is 0 Å². The van der Waals surface area contributed by atoms with Crippen molar-refractivity contribution in [1.29, 1.82) is 0 Å². The molecular formula is H2LaOPbTiZr. The molecule has 23 valence electrons. The molecule has 0 N–H and O–H groups in total. The molecule has 0 aromatic carbocycles. The monoisotopic (exact) mass is 503 g/mol. The van der Waals surface area contributed by atoms with Crippen LogP contribution in [0.1, 0.15) is 0 Å². The maximum atomic E-state index is 8.34. The van der Waals surface area contributed by atoms with Crippen LogP contribution in [0, 0.1) is 35.6 Å². The van der Waals surface area contributed by atoms with Crippen LogP contribution in [-0.2, 0) is 49.3 Å². The molecule has 3 radical (unpaired) electrons. The molecule has 0 spiro atoms. The van der Waals surface area contributed by atoms with Gasteiger partial charge in [-0.15, -0.1) is 0 Å². The first-order valence-corrected chi connectivity index (χ1v) is 1.21. The van der Waals surface area contributed by atoms with Crippen molar-refractivity contribution in [2.24, 2.45) is 0 Å². The fourth-order valence-electron chi connectivity index (χ4n) is 0. The first kappa shape index (κ1) is 23.6. The number of rotatable bonds is 0. The van der Waals surface area contributed by atoms with Gasteiger partial charge < -0.3 is 0 Å². The first-order valence-electron chi connectivity index (χ1n) is 0.204. The minimum Gasteiger partial charge on any atom is 0 e. The molecule has 0 saturated heterocycles. The van der Waals surface area contributed by atoms with Crippen LogP contribution >= 0.6 is 0 Å². The van der Waals surface area contributed by atoms with Crippen LogP contribution in [0.15, 0.2) is 0 Å². The Labute approximate surface area is 109 Å². The van der Waals surface area contributed by atoms with Gasteiger partial charge in [-0.05, 0) is 0 Å². The normalized spacial score (nSPS) is 0.600. The van der Waals surface area contributed by atoms with Crippen molar-refractivity contribution in [3.8, 4) is 0 Å². The molecule has 0 heterocycles. The van der Waals surface area contributed by atoms with Crippen molar-refractivity contribution < 1.29 is 84.9 Å². The van der Waals surface area contributed by atoms with Crippen molar-refractivity contribution in [1.82, 2.24) is 0 Å². The van der Waals surface area contributed by atoms with Crippen LogP contribution in [0.25, 0.3) is 0 Å². The number of hydrogen-bond acceptors (Lipinski definition) is 1. The van der Waals surface area contributed by atoms with Gasteiger partial charge in [0.2, 0.25) is 0 Å². The van der Waals surface area contributed by atoms with E-state index in [2.05, 4.69) is 0 Å². The fraction of sp³-hybridized carbons (Fsp3) is 0. The standard InChI is InChI=1S/La.O.Pb.Ti.Zr.2H. The van der Waals surface area contributed by atoms with E-state index in [1.807, 2.05) is 0 Å². The van der Waals surface area contributed by atoms with Gasteiger partial charge >= 0.3 is 54.8 Å². The molecule has 0 rings (SSSR count). The third kappa shape index (κ3) is 18.5. The van der Waals surface area contributed by atoms with Gasteiger partial charge in [0.05, 0.1) is 0 Å². The van der Waals surface area contributed by atoms with Gasteiger partial charge in [0.15, 0.2) is 0 Å². The Balaban J connectivity index is -0.00000000167. The minimum absolute atomic E-state index is 0. The fourth-order valence-corrected chi connectivity index (χ4v) is 0. The van der Waals surface area contributed by atoms with Crippen LogP contribution in [0.3, 0.4) is 0 Å². The van der Waals surface area contributed by atoms with Gasteiger partial charge in [-0.2, -0.15) is 0 Å². The first-order chi connectivity index (χ1) is 1.00. The summed E-state index contributed by atoms with van der Waals surface area (Å²) in [6.45, 7) is 0. The molecule has 0 bridgehead atoms. The molecule has 0 aromatic rings. The molecule has 0 amide bonds. The molecule has 0 aromatic heterocycles. The van der Waals surface area contributed by atoms with E-state index in [-0.39, 0.29) is 84.6 Å². The second-order valence-electron chi connectivity index (χ2n) is 0. The third-order valence-corrected chi connectivity index (χ3v) is 0. The summed E-state index contributed by atoms with van der Waals surface area (Å²) in [5.41, 5.74) is 0. The van der Waals surface area contributed by atoms with Gasteiger partial charge in [0, 0.05) is 57.3 Å². The molecular weight excluding hydrogens is 501 g/mol. The molecule has 0 fully saturated rings. The Morgan fingerprint density at radius 3 is 1.20 bits per heavy atom. The average molecular weight is 503 g/mol. The molecule has 0 aliphatic heterocycles. The molecule has 0 aliphatic rings. The predicted molar refractivity (Wildman–Crippen MR) is 9.23 cm³/mol. The summed E-state index contributed by atoms with van der Waals surface area (Å²) < 4.78 is 8.34. The van der Waals surface area contributed by atoms with Crippen molar-refractivity contribution in [2.75, 3.05) is 0 Å². The summed E-state index contributed by atoms with van der Waals surface area (Å²) in [7, 11) is 0. The Morgan fingerprint density at radius 2 is 1.20 bits per heavy atom. The number of hydrogen-bond donors (Lipinski definition) is 0. The van der Waals surface area contributed by atoms with Crippen LogP contribution in [0.5, 0.6) is 0 Å². The van der Waals surface area contributed by atoms with Gasteiger partial charge in [-0.1, -0.05) is 0 Å². The largest absolute Gasteiger partial charge is 0 e. The smallest absolute Gasteiger partial charge is 0 e. The third-order valence-electron chi connectivity index (χ3n) is 0. The van der Waals surface area contributed by atoms with E-state index in [0.717, 1.165) is 0 Å². The Hall–Kier alpha value is 3.51. The second kappa shape index (κ2) is 25.8. The van der Waals surface area contributed by atoms with Crippen LogP contribution in [-0.4, -0.2) is 27.3 Å². The van der Waals surface area contributed by atoms with E-state index in [9.17, 15) is 0 Å². The summed E-state index contributed by atoms with van der Waals surface area (Å²) in [4.78, 5) is 0. The van der Waals surface area contributed by atoms with E-state index in [1.54, 1.807) is 0 Å². The summed E-state index contributed by atoms with van der Waals surface area (Å²) in [6, 6.07) is 0. The summed E-state index contributed by atoms with van der Waals surface area (Å²) >= 11 is 0.300. The molecule has 0 aliphatic carbocycles. The van der Waals surface area contributed by atoms with Gasteiger partial charge in [0.25, 0.3) is 0 Å². The second-order valence-corrected chi connectivity index (χ2v) is 0. The van der Waals surface area contributed by atoms with E-state index >= 15 is 0 Å². The average Bonchev–Trinajstić information content (AvgIpc) is 1.00. The van der Waals surface area contributed by atoms with Gasteiger partial charge in [-0.3, -0.25) is 0 Å². The quantitative estimate of drug-likeness (QED) is 0.387. The zero-order valence-corrected chi connectivity index (χ0v) is 15.8. The van der Waals surface area contributed by atoms with Crippen molar-refractivity contribution in [3.05, 3.63) is 0 Å². The summed E-state index contributed by atoms with van der Waals surface area (Å²) in [6.07, 6.45) is 0. The van der Waals surface area contributed by atoms with E-state index in [1.165, 1.54) is 0 Å². The van der Waals surface area contributed by atoms with Crippen molar-refractivity contribution >= 4 is 27.3 Å². The Kier molecular flexibility index (Phi) is 122. The maximum Gasteiger partial charge on any atom is 0 e. The minimum atomic E-state index is 0. The zero-order valence-electron chi connectivity index (χ0n) is 2.69. The topological polar surface area (TPSA) is 17.1 Å². The zero-order chi connectivity index (χ0) is 2.00. The Morgan fingerprint density at radius 1 is 1.20 bits per heavy atom. The summed E-state index contributed by atoms with van der Waals surface area (Å²) in [5, 5.41) is 0. The van der Waals surface area contributed by atoms with Crippen LogP contribution in [0.2, 0.25) is 0 Å². The summed E-state index contributed by atoms with van der Waals surface area (Å²) in [5.74, 6) is 0. The van der Waals surface area contributed by atoms with E-state index < -0.39 is 0 Å². The SMILES string of the molecule is [La].[O]=[Zr].[PbH2].[Ti]. The van der Waals surface area contributed by atoms with Gasteiger partial charge in [-0.25, -0.2) is 0 Å². The molecule has 1 nitrogen and oxygen atoms in total. The molecule has 0 atom stereocenters. The predicted octanol–water partition coefficient (Wildman–Crippen LogP) is -1.04. The van der Waals surface area contributed by atoms with Crippen LogP contribution in [0.4, 0.5) is 0 Å². The Bertz CT molecular complexity index is 11.6. The van der Waals surface area contributed by atoms with Gasteiger partial charge in [0.1, 0.15) is 0 Å². The van der Waals surface area contributed by atoms with E-state index in [4.69, 9.17) is 2.81 Å². The van der Waals surface area contributed by atoms with Crippen molar-refractivity contribution in [3.63, 3.8) is 0 Å². The van der Waals surface area contributed by atoms with E-state index in [0.29, 0.717) is 24.7 Å². The maximum absolute atomic E-state index is 8.34. The molecule has 5 heavy (non-hydrogen) atoms. The molecule has 0 unspecified atom stereocenters. The molecule has 0 saturated carbocycles. The van der Waals surface area contributed by atoms with Crippen molar-refractivity contribution in [2.45, 2.75) is 0 Å². The molecule has 5 heteroatoms.